The average molecular weight is 152 g/mol. The first-order valence-electron chi connectivity index (χ1n) is 3.88. The second-order valence-corrected chi connectivity index (χ2v) is 2.89. The molecule has 0 aromatic rings. The lowest BCUT2D eigenvalue weighted by Crippen LogP contribution is -2.28. The predicted octanol–water partition coefficient (Wildman–Crippen LogP) is 0.911. The van der Waals surface area contributed by atoms with Crippen molar-refractivity contribution in [3.8, 4) is 6.07 Å². The highest BCUT2D eigenvalue weighted by Gasteiger charge is 2.26. The molecule has 1 amide bonds. The van der Waals surface area contributed by atoms with Gasteiger partial charge in [-0.2, -0.15) is 5.26 Å². The Kier molecular flexibility index (Phi) is 2.48. The van der Waals surface area contributed by atoms with Crippen LogP contribution in [0.4, 0.5) is 0 Å². The third-order valence-electron chi connectivity index (χ3n) is 2.22. The van der Waals surface area contributed by atoms with E-state index in [1.54, 1.807) is 4.90 Å². The van der Waals surface area contributed by atoms with Crippen molar-refractivity contribution in [1.29, 1.82) is 5.26 Å². The van der Waals surface area contributed by atoms with Gasteiger partial charge in [-0.15, -0.1) is 0 Å². The lowest BCUT2D eigenvalue weighted by Gasteiger charge is -2.17. The molecule has 0 bridgehead atoms. The van der Waals surface area contributed by atoms with Crippen molar-refractivity contribution in [2.75, 3.05) is 7.05 Å². The number of hydrogen-bond donors (Lipinski definition) is 0. The van der Waals surface area contributed by atoms with Gasteiger partial charge in [-0.25, -0.2) is 0 Å². The van der Waals surface area contributed by atoms with E-state index in [1.165, 1.54) is 0 Å². The van der Waals surface area contributed by atoms with E-state index in [4.69, 9.17) is 5.26 Å². The van der Waals surface area contributed by atoms with E-state index in [0.29, 0.717) is 18.9 Å². The monoisotopic (exact) mass is 152 g/mol. The van der Waals surface area contributed by atoms with E-state index in [9.17, 15) is 4.79 Å². The molecule has 0 spiro atoms. The van der Waals surface area contributed by atoms with Gasteiger partial charge in [-0.1, -0.05) is 0 Å². The van der Waals surface area contributed by atoms with Crippen LogP contribution < -0.4 is 0 Å². The summed E-state index contributed by atoms with van der Waals surface area (Å²) < 4.78 is 0. The molecule has 1 fully saturated rings. The van der Waals surface area contributed by atoms with E-state index >= 15 is 0 Å². The minimum absolute atomic E-state index is 0.216. The summed E-state index contributed by atoms with van der Waals surface area (Å²) in [5.41, 5.74) is 0. The summed E-state index contributed by atoms with van der Waals surface area (Å²) in [5.74, 6) is 0.216. The van der Waals surface area contributed by atoms with Crippen molar-refractivity contribution in [3.63, 3.8) is 0 Å². The molecule has 1 rings (SSSR count). The topological polar surface area (TPSA) is 44.1 Å². The second kappa shape index (κ2) is 3.38. The summed E-state index contributed by atoms with van der Waals surface area (Å²) in [6.45, 7) is 0. The normalized spacial score (nSPS) is 23.8. The van der Waals surface area contributed by atoms with Gasteiger partial charge < -0.3 is 4.90 Å². The van der Waals surface area contributed by atoms with Crippen LogP contribution in [0.15, 0.2) is 0 Å². The largest absolute Gasteiger partial charge is 0.343 e. The average Bonchev–Trinajstić information content (AvgIpc) is 2.31. The molecule has 0 aromatic heterocycles. The fourth-order valence-corrected chi connectivity index (χ4v) is 1.43. The molecule has 3 nitrogen and oxygen atoms in total. The van der Waals surface area contributed by atoms with Gasteiger partial charge in [0.1, 0.15) is 0 Å². The molecule has 11 heavy (non-hydrogen) atoms. The molecule has 60 valence electrons. The Bertz CT molecular complexity index is 195. The first kappa shape index (κ1) is 8.06. The van der Waals surface area contributed by atoms with Crippen molar-refractivity contribution in [1.82, 2.24) is 4.90 Å². The molecular formula is C8H12N2O. The maximum Gasteiger partial charge on any atom is 0.222 e. The highest BCUT2D eigenvalue weighted by atomic mass is 16.2. The zero-order valence-electron chi connectivity index (χ0n) is 6.71. The van der Waals surface area contributed by atoms with Gasteiger partial charge in [0.05, 0.1) is 6.07 Å². The molecule has 0 unspecified atom stereocenters. The molecule has 0 aliphatic carbocycles. The van der Waals surface area contributed by atoms with Crippen molar-refractivity contribution < 1.29 is 4.79 Å². The van der Waals surface area contributed by atoms with Crippen LogP contribution in [0.5, 0.6) is 0 Å². The Morgan fingerprint density at radius 1 is 1.82 bits per heavy atom. The van der Waals surface area contributed by atoms with E-state index in [1.807, 2.05) is 7.05 Å². The van der Waals surface area contributed by atoms with Crippen molar-refractivity contribution >= 4 is 5.91 Å². The molecule has 1 atom stereocenters. The van der Waals surface area contributed by atoms with Crippen LogP contribution in [0, 0.1) is 11.3 Å². The standard InChI is InChI=1S/C8H12N2O/c1-10-7(3-2-6-9)4-5-8(10)11/h7H,2-5H2,1H3/t7-/m0/s1. The van der Waals surface area contributed by atoms with Gasteiger partial charge >= 0.3 is 0 Å². The first-order valence-corrected chi connectivity index (χ1v) is 3.88. The molecule has 0 N–H and O–H groups in total. The van der Waals surface area contributed by atoms with E-state index in [0.717, 1.165) is 12.8 Å². The SMILES string of the molecule is CN1C(=O)CC[C@@H]1CCC#N. The lowest BCUT2D eigenvalue weighted by molar-refractivity contribution is -0.127. The molecule has 1 aliphatic heterocycles. The number of hydrogen-bond acceptors (Lipinski definition) is 2. The highest BCUT2D eigenvalue weighted by Crippen LogP contribution is 2.19. The van der Waals surface area contributed by atoms with Crippen LogP contribution in [-0.2, 0) is 4.79 Å². The van der Waals surface area contributed by atoms with E-state index in [-0.39, 0.29) is 5.91 Å². The zero-order chi connectivity index (χ0) is 8.27. The summed E-state index contributed by atoms with van der Waals surface area (Å²) in [6.07, 6.45) is 2.98. The number of carbonyl (C=O) groups excluding carboxylic acids is 1. The van der Waals surface area contributed by atoms with E-state index in [2.05, 4.69) is 6.07 Å². The Labute approximate surface area is 66.6 Å². The van der Waals surface area contributed by atoms with Crippen LogP contribution in [0.2, 0.25) is 0 Å². The van der Waals surface area contributed by atoms with Gasteiger partial charge in [-0.05, 0) is 12.8 Å². The smallest absolute Gasteiger partial charge is 0.222 e. The number of nitriles is 1. The summed E-state index contributed by atoms with van der Waals surface area (Å²) in [7, 11) is 1.82. The summed E-state index contributed by atoms with van der Waals surface area (Å²) in [6, 6.07) is 2.41. The van der Waals surface area contributed by atoms with Crippen LogP contribution in [0.1, 0.15) is 25.7 Å². The third kappa shape index (κ3) is 1.70. The fraction of sp³-hybridized carbons (Fsp3) is 0.750. The molecule has 1 saturated heterocycles. The Balaban J connectivity index is 2.37. The number of likely N-dealkylation sites (tertiary alicyclic amines) is 1. The van der Waals surface area contributed by atoms with Crippen LogP contribution in [0.3, 0.4) is 0 Å². The zero-order valence-corrected chi connectivity index (χ0v) is 6.71. The number of carbonyl (C=O) groups is 1. The minimum atomic E-state index is 0.216. The van der Waals surface area contributed by atoms with Crippen LogP contribution in [-0.4, -0.2) is 23.9 Å². The van der Waals surface area contributed by atoms with Gasteiger partial charge in [0.25, 0.3) is 0 Å². The van der Waals surface area contributed by atoms with Crippen LogP contribution >= 0.6 is 0 Å². The van der Waals surface area contributed by atoms with Gasteiger partial charge in [0.2, 0.25) is 5.91 Å². The molecule has 1 heterocycles. The maximum atomic E-state index is 11.0. The summed E-state index contributed by atoms with van der Waals surface area (Å²) in [4.78, 5) is 12.8. The van der Waals surface area contributed by atoms with Crippen LogP contribution in [0.25, 0.3) is 0 Å². The Hall–Kier alpha value is -1.04. The lowest BCUT2D eigenvalue weighted by atomic mass is 10.1. The molecule has 0 radical (unpaired) electrons. The molecule has 1 aliphatic rings. The van der Waals surface area contributed by atoms with E-state index < -0.39 is 0 Å². The predicted molar refractivity (Wildman–Crippen MR) is 40.6 cm³/mol. The quantitative estimate of drug-likeness (QED) is 0.590. The van der Waals surface area contributed by atoms with Crippen molar-refractivity contribution in [3.05, 3.63) is 0 Å². The number of amides is 1. The summed E-state index contributed by atoms with van der Waals surface area (Å²) in [5, 5.41) is 8.33. The van der Waals surface area contributed by atoms with Crippen molar-refractivity contribution in [2.24, 2.45) is 0 Å². The molecular weight excluding hydrogens is 140 g/mol. The minimum Gasteiger partial charge on any atom is -0.343 e. The first-order chi connectivity index (χ1) is 5.25. The third-order valence-corrected chi connectivity index (χ3v) is 2.22. The summed E-state index contributed by atoms with van der Waals surface area (Å²) >= 11 is 0. The number of nitrogens with zero attached hydrogens (tertiary/aromatic N) is 2. The van der Waals surface area contributed by atoms with Gasteiger partial charge in [0.15, 0.2) is 0 Å². The maximum absolute atomic E-state index is 11.0. The Morgan fingerprint density at radius 2 is 2.55 bits per heavy atom. The molecule has 0 aromatic carbocycles. The number of rotatable bonds is 2. The molecule has 3 heteroatoms. The van der Waals surface area contributed by atoms with Gasteiger partial charge in [0, 0.05) is 25.9 Å². The molecule has 0 saturated carbocycles. The fourth-order valence-electron chi connectivity index (χ4n) is 1.43. The second-order valence-electron chi connectivity index (χ2n) is 2.89. The highest BCUT2D eigenvalue weighted by molar-refractivity contribution is 5.78. The van der Waals surface area contributed by atoms with Crippen molar-refractivity contribution in [2.45, 2.75) is 31.7 Å². The Morgan fingerprint density at radius 3 is 3.00 bits per heavy atom. The van der Waals surface area contributed by atoms with Gasteiger partial charge in [-0.3, -0.25) is 4.79 Å².